The average molecular weight is 343 g/mol. The van der Waals surface area contributed by atoms with Crippen molar-refractivity contribution >= 4 is 22.6 Å². The number of benzene rings is 2. The Balaban J connectivity index is 1.58. The molecule has 1 amide bonds. The van der Waals surface area contributed by atoms with E-state index in [4.69, 9.17) is 14.2 Å². The molecule has 128 valence electrons. The molecule has 2 heterocycles. The van der Waals surface area contributed by atoms with E-state index in [2.05, 4.69) is 15.5 Å². The van der Waals surface area contributed by atoms with Crippen molar-refractivity contribution in [1.82, 2.24) is 10.2 Å². The van der Waals surface area contributed by atoms with Crippen molar-refractivity contribution in [1.29, 1.82) is 0 Å². The molecule has 2 N–H and O–H groups in total. The number of halogens is 1. The highest BCUT2D eigenvalue weighted by Crippen LogP contribution is 2.33. The smallest absolute Gasteiger partial charge is 0.257 e. The minimum Gasteiger partial charge on any atom is -0.491 e. The first-order valence-corrected chi connectivity index (χ1v) is 7.62. The van der Waals surface area contributed by atoms with Crippen LogP contribution in [0.1, 0.15) is 10.4 Å². The summed E-state index contributed by atoms with van der Waals surface area (Å²) in [5.41, 5.74) is 1.15. The number of H-pyrrole nitrogens is 1. The fourth-order valence-electron chi connectivity index (χ4n) is 2.55. The number of nitrogens with one attached hydrogen (secondary N) is 2. The molecule has 0 bridgehead atoms. The number of hydrogen-bond donors (Lipinski definition) is 2. The highest BCUT2D eigenvalue weighted by atomic mass is 19.1. The number of fused-ring (bicyclic) bond motifs is 2. The highest BCUT2D eigenvalue weighted by molar-refractivity contribution is 6.08. The summed E-state index contributed by atoms with van der Waals surface area (Å²) < 4.78 is 28.0. The van der Waals surface area contributed by atoms with Gasteiger partial charge in [-0.1, -0.05) is 0 Å². The molecule has 1 aliphatic rings. The van der Waals surface area contributed by atoms with Crippen LogP contribution in [0.2, 0.25) is 0 Å². The molecule has 0 fully saturated rings. The van der Waals surface area contributed by atoms with E-state index in [1.165, 1.54) is 0 Å². The van der Waals surface area contributed by atoms with Gasteiger partial charge in [0.2, 0.25) is 6.79 Å². The number of carbonyl (C=O) groups excluding carboxylic acids is 1. The molecule has 1 aromatic heterocycles. The lowest BCUT2D eigenvalue weighted by Crippen LogP contribution is -2.12. The molecule has 0 saturated carbocycles. The monoisotopic (exact) mass is 343 g/mol. The van der Waals surface area contributed by atoms with Crippen molar-refractivity contribution in [2.75, 3.05) is 25.4 Å². The van der Waals surface area contributed by atoms with E-state index in [0.717, 1.165) is 5.52 Å². The zero-order valence-corrected chi connectivity index (χ0v) is 13.0. The second-order valence-electron chi connectivity index (χ2n) is 5.34. The fraction of sp³-hybridized carbons (Fsp3) is 0.176. The van der Waals surface area contributed by atoms with Gasteiger partial charge in [0.25, 0.3) is 5.91 Å². The Hall–Kier alpha value is -3.29. The van der Waals surface area contributed by atoms with E-state index < -0.39 is 6.67 Å². The molecule has 8 heteroatoms. The molecule has 0 aliphatic carbocycles. The lowest BCUT2D eigenvalue weighted by atomic mass is 10.2. The van der Waals surface area contributed by atoms with Crippen molar-refractivity contribution in [3.63, 3.8) is 0 Å². The number of amides is 1. The number of anilines is 1. The van der Waals surface area contributed by atoms with Crippen LogP contribution in [0.25, 0.3) is 10.9 Å². The van der Waals surface area contributed by atoms with Crippen LogP contribution in [0, 0.1) is 0 Å². The summed E-state index contributed by atoms with van der Waals surface area (Å²) in [5.74, 6) is 1.67. The second kappa shape index (κ2) is 6.31. The van der Waals surface area contributed by atoms with E-state index in [-0.39, 0.29) is 19.3 Å². The van der Waals surface area contributed by atoms with Crippen LogP contribution < -0.4 is 19.5 Å². The Morgan fingerprint density at radius 2 is 2.12 bits per heavy atom. The normalized spacial score (nSPS) is 12.4. The molecular weight excluding hydrogens is 329 g/mol. The maximum absolute atomic E-state index is 12.5. The Morgan fingerprint density at radius 1 is 1.24 bits per heavy atom. The number of ether oxygens (including phenoxy) is 3. The van der Waals surface area contributed by atoms with Crippen LogP contribution in [0.15, 0.2) is 36.4 Å². The van der Waals surface area contributed by atoms with Crippen molar-refractivity contribution in [3.8, 4) is 17.2 Å². The van der Waals surface area contributed by atoms with Gasteiger partial charge in [-0.05, 0) is 36.4 Å². The predicted molar refractivity (Wildman–Crippen MR) is 88.1 cm³/mol. The van der Waals surface area contributed by atoms with Crippen LogP contribution in [0.5, 0.6) is 17.2 Å². The predicted octanol–water partition coefficient (Wildman–Crippen LogP) is 2.89. The Bertz CT molecular complexity index is 941. The SMILES string of the molecule is O=C(Nc1n[nH]c2ccc(OCCF)cc12)c1ccc2c(c1)OCO2. The van der Waals surface area contributed by atoms with Crippen LogP contribution >= 0.6 is 0 Å². The molecule has 0 radical (unpaired) electrons. The summed E-state index contributed by atoms with van der Waals surface area (Å²) in [6.45, 7) is -0.453. The molecule has 1 aliphatic heterocycles. The molecule has 2 aromatic carbocycles. The van der Waals surface area contributed by atoms with Crippen LogP contribution in [-0.4, -0.2) is 36.2 Å². The van der Waals surface area contributed by atoms with Crippen molar-refractivity contribution < 1.29 is 23.4 Å². The van der Waals surface area contributed by atoms with Gasteiger partial charge < -0.3 is 19.5 Å². The average Bonchev–Trinajstić information content (AvgIpc) is 3.26. The van der Waals surface area contributed by atoms with Gasteiger partial charge >= 0.3 is 0 Å². The van der Waals surface area contributed by atoms with Gasteiger partial charge in [-0.15, -0.1) is 0 Å². The standard InChI is InChI=1S/C17H14FN3O4/c18-5-6-23-11-2-3-13-12(8-11)16(21-20-13)19-17(22)10-1-4-14-15(7-10)25-9-24-14/h1-4,7-8H,5-6,9H2,(H2,19,20,21,22). The maximum Gasteiger partial charge on any atom is 0.257 e. The Kier molecular flexibility index (Phi) is 3.85. The number of hydrogen-bond acceptors (Lipinski definition) is 5. The molecule has 4 rings (SSSR count). The number of carbonyl (C=O) groups is 1. The minimum atomic E-state index is -0.572. The summed E-state index contributed by atoms with van der Waals surface area (Å²) in [5, 5.41) is 10.4. The summed E-state index contributed by atoms with van der Waals surface area (Å²) in [7, 11) is 0. The van der Waals surface area contributed by atoms with Crippen molar-refractivity contribution in [2.45, 2.75) is 0 Å². The maximum atomic E-state index is 12.5. The van der Waals surface area contributed by atoms with Crippen LogP contribution in [-0.2, 0) is 0 Å². The summed E-state index contributed by atoms with van der Waals surface area (Å²) in [6, 6.07) is 10.1. The van der Waals surface area contributed by atoms with Gasteiger partial charge in [0.05, 0.1) is 5.52 Å². The van der Waals surface area contributed by atoms with Gasteiger partial charge in [0.15, 0.2) is 17.3 Å². The number of nitrogens with zero attached hydrogens (tertiary/aromatic N) is 1. The molecule has 3 aromatic rings. The molecule has 0 unspecified atom stereocenters. The molecular formula is C17H14FN3O4. The minimum absolute atomic E-state index is 0.0255. The van der Waals surface area contributed by atoms with Gasteiger partial charge in [0.1, 0.15) is 19.0 Å². The van der Waals surface area contributed by atoms with Crippen LogP contribution in [0.4, 0.5) is 10.2 Å². The first kappa shape index (κ1) is 15.3. The van der Waals surface area contributed by atoms with E-state index >= 15 is 0 Å². The van der Waals surface area contributed by atoms with Crippen molar-refractivity contribution in [2.24, 2.45) is 0 Å². The van der Waals surface area contributed by atoms with E-state index in [0.29, 0.717) is 34.0 Å². The summed E-state index contributed by atoms with van der Waals surface area (Å²) in [4.78, 5) is 12.5. The topological polar surface area (TPSA) is 85.5 Å². The third-order valence-electron chi connectivity index (χ3n) is 3.75. The Morgan fingerprint density at radius 3 is 3.00 bits per heavy atom. The highest BCUT2D eigenvalue weighted by Gasteiger charge is 2.17. The summed E-state index contributed by atoms with van der Waals surface area (Å²) >= 11 is 0. The number of aromatic nitrogens is 2. The Labute approximate surface area is 141 Å². The molecule has 0 saturated heterocycles. The molecule has 7 nitrogen and oxygen atoms in total. The number of aromatic amines is 1. The lowest BCUT2D eigenvalue weighted by molar-refractivity contribution is 0.102. The first-order chi connectivity index (χ1) is 12.2. The zero-order valence-electron chi connectivity index (χ0n) is 13.0. The van der Waals surface area contributed by atoms with E-state index in [1.807, 2.05) is 0 Å². The quantitative estimate of drug-likeness (QED) is 0.744. The van der Waals surface area contributed by atoms with Gasteiger partial charge in [-0.25, -0.2) is 4.39 Å². The number of alkyl halides is 1. The van der Waals surface area contributed by atoms with E-state index in [9.17, 15) is 9.18 Å². The molecule has 0 spiro atoms. The number of rotatable bonds is 5. The van der Waals surface area contributed by atoms with Gasteiger partial charge in [-0.2, -0.15) is 5.10 Å². The molecule has 25 heavy (non-hydrogen) atoms. The van der Waals surface area contributed by atoms with Crippen molar-refractivity contribution in [3.05, 3.63) is 42.0 Å². The van der Waals surface area contributed by atoms with Crippen LogP contribution in [0.3, 0.4) is 0 Å². The van der Waals surface area contributed by atoms with E-state index in [1.54, 1.807) is 36.4 Å². The largest absolute Gasteiger partial charge is 0.491 e. The fourth-order valence-corrected chi connectivity index (χ4v) is 2.55. The summed E-state index contributed by atoms with van der Waals surface area (Å²) in [6.07, 6.45) is 0. The second-order valence-corrected chi connectivity index (χ2v) is 5.34. The third-order valence-corrected chi connectivity index (χ3v) is 3.75. The van der Waals surface area contributed by atoms with Gasteiger partial charge in [0, 0.05) is 10.9 Å². The first-order valence-electron chi connectivity index (χ1n) is 7.62. The zero-order chi connectivity index (χ0) is 17.2. The third kappa shape index (κ3) is 2.93. The lowest BCUT2D eigenvalue weighted by Gasteiger charge is -2.05. The molecule has 0 atom stereocenters. The van der Waals surface area contributed by atoms with Gasteiger partial charge in [-0.3, -0.25) is 9.89 Å².